The molecule has 1 aromatic rings. The summed E-state index contributed by atoms with van der Waals surface area (Å²) in [6.07, 6.45) is -2.44. The molecule has 0 aromatic carbocycles. The Morgan fingerprint density at radius 2 is 2.00 bits per heavy atom. The normalized spacial score (nSPS) is 12.5. The van der Waals surface area contributed by atoms with E-state index in [4.69, 9.17) is 4.42 Å². The van der Waals surface area contributed by atoms with Crippen molar-refractivity contribution in [3.8, 4) is 0 Å². The first-order chi connectivity index (χ1) is 6.36. The molecule has 0 fully saturated rings. The Kier molecular flexibility index (Phi) is 2.87. The van der Waals surface area contributed by atoms with E-state index < -0.39 is 17.8 Å². The van der Waals surface area contributed by atoms with Gasteiger partial charge in [-0.1, -0.05) is 6.92 Å². The predicted molar refractivity (Wildman–Crippen MR) is 45.0 cm³/mol. The fourth-order valence-electron chi connectivity index (χ4n) is 1.04. The highest BCUT2D eigenvalue weighted by Gasteiger charge is 2.29. The molecule has 2 nitrogen and oxygen atoms in total. The van der Waals surface area contributed by atoms with Gasteiger partial charge in [0.15, 0.2) is 5.67 Å². The third-order valence-electron chi connectivity index (χ3n) is 1.76. The van der Waals surface area contributed by atoms with E-state index >= 15 is 0 Å². The van der Waals surface area contributed by atoms with Crippen molar-refractivity contribution in [2.45, 2.75) is 39.3 Å². The second-order valence-electron chi connectivity index (χ2n) is 3.45. The van der Waals surface area contributed by atoms with Crippen molar-refractivity contribution in [1.82, 2.24) is 4.98 Å². The molecule has 0 amide bonds. The fraction of sp³-hybridized carbons (Fsp3) is 0.667. The van der Waals surface area contributed by atoms with Crippen molar-refractivity contribution in [1.29, 1.82) is 0 Å². The highest BCUT2D eigenvalue weighted by molar-refractivity contribution is 5.13. The van der Waals surface area contributed by atoms with Gasteiger partial charge in [-0.05, 0) is 13.8 Å². The maximum atomic E-state index is 13.3. The smallest absolute Gasteiger partial charge is 0.283 e. The summed E-state index contributed by atoms with van der Waals surface area (Å²) in [6, 6.07) is 0. The molecule has 0 N–H and O–H groups in total. The summed E-state index contributed by atoms with van der Waals surface area (Å²) in [7, 11) is 0. The molecular weight excluding hydrogens is 195 g/mol. The molecule has 0 aliphatic heterocycles. The van der Waals surface area contributed by atoms with E-state index in [1.54, 1.807) is 6.92 Å². The monoisotopic (exact) mass is 207 g/mol. The van der Waals surface area contributed by atoms with Crippen molar-refractivity contribution in [2.24, 2.45) is 0 Å². The maximum absolute atomic E-state index is 13.3. The number of halogens is 3. The Balaban J connectivity index is 3.13. The van der Waals surface area contributed by atoms with Crippen molar-refractivity contribution in [2.75, 3.05) is 0 Å². The van der Waals surface area contributed by atoms with Gasteiger partial charge in [-0.3, -0.25) is 0 Å². The van der Waals surface area contributed by atoms with E-state index in [0.29, 0.717) is 0 Å². The second kappa shape index (κ2) is 3.63. The van der Waals surface area contributed by atoms with Gasteiger partial charge in [-0.25, -0.2) is 18.2 Å². The third kappa shape index (κ3) is 2.08. The molecular formula is C9H12F3NO. The van der Waals surface area contributed by atoms with Gasteiger partial charge in [-0.2, -0.15) is 0 Å². The van der Waals surface area contributed by atoms with Crippen LogP contribution in [0.25, 0.3) is 0 Å². The summed E-state index contributed by atoms with van der Waals surface area (Å²) in [5.41, 5.74) is -2.27. The molecule has 1 heterocycles. The Labute approximate surface area is 80.1 Å². The first-order valence-electron chi connectivity index (χ1n) is 4.33. The van der Waals surface area contributed by atoms with Gasteiger partial charge in [0, 0.05) is 6.42 Å². The molecule has 5 heteroatoms. The van der Waals surface area contributed by atoms with E-state index in [1.165, 1.54) is 13.8 Å². The molecule has 80 valence electrons. The van der Waals surface area contributed by atoms with Crippen LogP contribution in [0.2, 0.25) is 0 Å². The van der Waals surface area contributed by atoms with Crippen LogP contribution < -0.4 is 0 Å². The Bertz CT molecular complexity index is 314. The molecule has 0 atom stereocenters. The average Bonchev–Trinajstić information content (AvgIpc) is 2.45. The van der Waals surface area contributed by atoms with E-state index in [-0.39, 0.29) is 18.1 Å². The summed E-state index contributed by atoms with van der Waals surface area (Å²) in [5, 5.41) is 0. The molecule has 0 spiro atoms. The number of aromatic nitrogens is 1. The molecule has 0 unspecified atom stereocenters. The molecule has 14 heavy (non-hydrogen) atoms. The second-order valence-corrected chi connectivity index (χ2v) is 3.45. The van der Waals surface area contributed by atoms with Gasteiger partial charge in [0.25, 0.3) is 6.43 Å². The third-order valence-corrected chi connectivity index (χ3v) is 1.76. The van der Waals surface area contributed by atoms with Crippen LogP contribution in [0.15, 0.2) is 4.42 Å². The minimum Gasteiger partial charge on any atom is -0.442 e. The zero-order valence-corrected chi connectivity index (χ0v) is 8.27. The highest BCUT2D eigenvalue weighted by atomic mass is 19.3. The molecule has 1 aromatic heterocycles. The number of aryl methyl sites for hydroxylation is 1. The van der Waals surface area contributed by atoms with Gasteiger partial charge < -0.3 is 4.42 Å². The molecule has 0 aliphatic rings. The Morgan fingerprint density at radius 3 is 2.29 bits per heavy atom. The Morgan fingerprint density at radius 1 is 1.43 bits per heavy atom. The van der Waals surface area contributed by atoms with Gasteiger partial charge in [0.1, 0.15) is 11.5 Å². The van der Waals surface area contributed by atoms with E-state index in [1.807, 2.05) is 0 Å². The number of oxazole rings is 1. The SMILES string of the molecule is CCc1oc(C(C)(C)F)nc1C(F)F. The molecule has 0 radical (unpaired) electrons. The van der Waals surface area contributed by atoms with Crippen LogP contribution in [0.4, 0.5) is 13.2 Å². The topological polar surface area (TPSA) is 26.0 Å². The largest absolute Gasteiger partial charge is 0.442 e. The fourth-order valence-corrected chi connectivity index (χ4v) is 1.04. The van der Waals surface area contributed by atoms with Crippen LogP contribution in [0.5, 0.6) is 0 Å². The van der Waals surface area contributed by atoms with Crippen LogP contribution in [0.3, 0.4) is 0 Å². The average molecular weight is 207 g/mol. The standard InChI is InChI=1S/C9H12F3NO/c1-4-5-6(7(10)11)13-8(14-5)9(2,3)12/h7H,4H2,1-3H3. The van der Waals surface area contributed by atoms with Crippen molar-refractivity contribution >= 4 is 0 Å². The summed E-state index contributed by atoms with van der Waals surface area (Å²) in [5.74, 6) is -0.231. The lowest BCUT2D eigenvalue weighted by atomic mass is 10.2. The zero-order valence-electron chi connectivity index (χ0n) is 8.27. The number of rotatable bonds is 3. The van der Waals surface area contributed by atoms with Crippen LogP contribution >= 0.6 is 0 Å². The molecule has 1 rings (SSSR count). The Hall–Kier alpha value is -1.00. The first-order valence-corrected chi connectivity index (χ1v) is 4.33. The highest BCUT2D eigenvalue weighted by Crippen LogP contribution is 2.30. The number of alkyl halides is 3. The van der Waals surface area contributed by atoms with Gasteiger partial charge in [0.05, 0.1) is 0 Å². The van der Waals surface area contributed by atoms with Gasteiger partial charge >= 0.3 is 0 Å². The number of hydrogen-bond acceptors (Lipinski definition) is 2. The maximum Gasteiger partial charge on any atom is 0.283 e. The summed E-state index contributed by atoms with van der Waals surface area (Å²) >= 11 is 0. The number of hydrogen-bond donors (Lipinski definition) is 0. The lowest BCUT2D eigenvalue weighted by Gasteiger charge is -2.07. The van der Waals surface area contributed by atoms with Crippen molar-refractivity contribution in [3.05, 3.63) is 17.3 Å². The van der Waals surface area contributed by atoms with Crippen LogP contribution in [-0.4, -0.2) is 4.98 Å². The van der Waals surface area contributed by atoms with E-state index in [2.05, 4.69) is 4.98 Å². The quantitative estimate of drug-likeness (QED) is 0.759. The van der Waals surface area contributed by atoms with Crippen LogP contribution in [-0.2, 0) is 12.1 Å². The van der Waals surface area contributed by atoms with Crippen LogP contribution in [0.1, 0.15) is 44.5 Å². The summed E-state index contributed by atoms with van der Waals surface area (Å²) in [6.45, 7) is 4.09. The zero-order chi connectivity index (χ0) is 10.9. The number of nitrogens with zero attached hydrogens (tertiary/aromatic N) is 1. The minimum absolute atomic E-state index is 0.0562. The van der Waals surface area contributed by atoms with Crippen molar-refractivity contribution in [3.63, 3.8) is 0 Å². The minimum atomic E-state index is -2.72. The van der Waals surface area contributed by atoms with Gasteiger partial charge in [0.2, 0.25) is 5.89 Å². The van der Waals surface area contributed by atoms with E-state index in [0.717, 1.165) is 0 Å². The lowest BCUT2D eigenvalue weighted by Crippen LogP contribution is -2.09. The molecule has 0 saturated heterocycles. The summed E-state index contributed by atoms with van der Waals surface area (Å²) in [4.78, 5) is 3.46. The lowest BCUT2D eigenvalue weighted by molar-refractivity contribution is 0.144. The first kappa shape index (κ1) is 11.1. The molecule has 0 bridgehead atoms. The summed E-state index contributed by atoms with van der Waals surface area (Å²) < 4.78 is 43.0. The predicted octanol–water partition coefficient (Wildman–Crippen LogP) is 3.38. The van der Waals surface area contributed by atoms with E-state index in [9.17, 15) is 13.2 Å². The molecule has 0 saturated carbocycles. The van der Waals surface area contributed by atoms with Crippen molar-refractivity contribution < 1.29 is 17.6 Å². The van der Waals surface area contributed by atoms with Crippen LogP contribution in [0, 0.1) is 0 Å². The molecule has 0 aliphatic carbocycles. The van der Waals surface area contributed by atoms with Gasteiger partial charge in [-0.15, -0.1) is 0 Å².